The second kappa shape index (κ2) is 4.87. The van der Waals surface area contributed by atoms with E-state index in [0.29, 0.717) is 11.5 Å². The molecule has 3 rings (SSSR count). The van der Waals surface area contributed by atoms with Crippen molar-refractivity contribution in [3.8, 4) is 0 Å². The van der Waals surface area contributed by atoms with Crippen LogP contribution in [0.3, 0.4) is 0 Å². The zero-order valence-electron chi connectivity index (χ0n) is 13.6. The van der Waals surface area contributed by atoms with Gasteiger partial charge in [-0.25, -0.2) is 0 Å². The Morgan fingerprint density at radius 2 is 1.80 bits per heavy atom. The molecule has 2 aliphatic carbocycles. The molecule has 20 heavy (non-hydrogen) atoms. The summed E-state index contributed by atoms with van der Waals surface area (Å²) in [6.45, 7) is 10.1. The largest absolute Gasteiger partial charge is 0.314 e. The number of hydrogen-bond acceptors (Lipinski definition) is 1. The van der Waals surface area contributed by atoms with E-state index in [1.807, 2.05) is 0 Å². The second-order valence-electron chi connectivity index (χ2n) is 7.82. The maximum atomic E-state index is 3.71. The Hall–Kier alpha value is -0.820. The molecule has 1 spiro atoms. The molecule has 0 aromatic heterocycles. The van der Waals surface area contributed by atoms with E-state index >= 15 is 0 Å². The molecule has 0 saturated heterocycles. The first-order valence-electron chi connectivity index (χ1n) is 8.26. The fourth-order valence-electron chi connectivity index (χ4n) is 4.32. The van der Waals surface area contributed by atoms with Gasteiger partial charge in [0.1, 0.15) is 0 Å². The topological polar surface area (TPSA) is 12.0 Å². The van der Waals surface area contributed by atoms with Gasteiger partial charge in [-0.15, -0.1) is 0 Å². The average molecular weight is 271 g/mol. The standard InChI is InChI=1S/C19H29N/c1-14(2)20-13-19(11-18(12-19)8-5-9-18)17-7-6-15(3)16(4)10-17/h6-7,10,14,20H,5,8-9,11-13H2,1-4H3. The highest BCUT2D eigenvalue weighted by atomic mass is 14.9. The monoisotopic (exact) mass is 271 g/mol. The molecule has 0 amide bonds. The van der Waals surface area contributed by atoms with Crippen molar-refractivity contribution in [2.24, 2.45) is 5.41 Å². The molecule has 110 valence electrons. The molecular formula is C19H29N. The number of benzene rings is 1. The molecule has 1 aromatic rings. The third kappa shape index (κ3) is 2.30. The van der Waals surface area contributed by atoms with Crippen LogP contribution < -0.4 is 5.32 Å². The van der Waals surface area contributed by atoms with Gasteiger partial charge in [-0.2, -0.15) is 0 Å². The van der Waals surface area contributed by atoms with Crippen LogP contribution in [0.1, 0.15) is 62.6 Å². The van der Waals surface area contributed by atoms with E-state index in [1.165, 1.54) is 43.2 Å². The highest BCUT2D eigenvalue weighted by Gasteiger charge is 2.57. The van der Waals surface area contributed by atoms with E-state index in [0.717, 1.165) is 12.0 Å². The molecule has 0 heterocycles. The molecule has 2 fully saturated rings. The van der Waals surface area contributed by atoms with Gasteiger partial charge in [0.15, 0.2) is 0 Å². The summed E-state index contributed by atoms with van der Waals surface area (Å²) < 4.78 is 0. The maximum absolute atomic E-state index is 3.71. The normalized spacial score (nSPS) is 22.6. The van der Waals surface area contributed by atoms with Gasteiger partial charge in [0.2, 0.25) is 0 Å². The summed E-state index contributed by atoms with van der Waals surface area (Å²) in [5, 5.41) is 3.71. The van der Waals surface area contributed by atoms with Gasteiger partial charge in [0.25, 0.3) is 0 Å². The lowest BCUT2D eigenvalue weighted by Crippen LogP contribution is -2.58. The number of hydrogen-bond donors (Lipinski definition) is 1. The SMILES string of the molecule is Cc1ccc(C2(CNC(C)C)CC3(CCC3)C2)cc1C. The van der Waals surface area contributed by atoms with Crippen LogP contribution in [0.15, 0.2) is 18.2 Å². The van der Waals surface area contributed by atoms with Crippen molar-refractivity contribution in [3.63, 3.8) is 0 Å². The van der Waals surface area contributed by atoms with E-state index in [-0.39, 0.29) is 0 Å². The van der Waals surface area contributed by atoms with Crippen LogP contribution in [0.5, 0.6) is 0 Å². The highest BCUT2D eigenvalue weighted by Crippen LogP contribution is 2.64. The number of aryl methyl sites for hydroxylation is 2. The molecule has 0 aliphatic heterocycles. The van der Waals surface area contributed by atoms with Crippen molar-refractivity contribution in [1.29, 1.82) is 0 Å². The average Bonchev–Trinajstić information content (AvgIpc) is 2.29. The quantitative estimate of drug-likeness (QED) is 0.850. The van der Waals surface area contributed by atoms with Gasteiger partial charge in [-0.3, -0.25) is 0 Å². The van der Waals surface area contributed by atoms with E-state index in [9.17, 15) is 0 Å². The van der Waals surface area contributed by atoms with Crippen LogP contribution in [0.4, 0.5) is 0 Å². The van der Waals surface area contributed by atoms with Gasteiger partial charge in [-0.05, 0) is 61.6 Å². The molecule has 2 saturated carbocycles. The van der Waals surface area contributed by atoms with Crippen LogP contribution >= 0.6 is 0 Å². The summed E-state index contributed by atoms with van der Waals surface area (Å²) in [6, 6.07) is 7.73. The summed E-state index contributed by atoms with van der Waals surface area (Å²) in [5.41, 5.74) is 5.56. The fourth-order valence-corrected chi connectivity index (χ4v) is 4.32. The van der Waals surface area contributed by atoms with Crippen molar-refractivity contribution < 1.29 is 0 Å². The molecular weight excluding hydrogens is 242 g/mol. The lowest BCUT2D eigenvalue weighted by molar-refractivity contribution is -0.0489. The Kier molecular flexibility index (Phi) is 3.44. The van der Waals surface area contributed by atoms with E-state index in [4.69, 9.17) is 0 Å². The summed E-state index contributed by atoms with van der Waals surface area (Å²) >= 11 is 0. The van der Waals surface area contributed by atoms with Gasteiger partial charge in [0, 0.05) is 18.0 Å². The maximum Gasteiger partial charge on any atom is 0.00885 e. The number of nitrogens with one attached hydrogen (secondary N) is 1. The minimum atomic E-state index is 0.406. The molecule has 0 bridgehead atoms. The first-order chi connectivity index (χ1) is 9.45. The molecule has 0 radical (unpaired) electrons. The Labute approximate surface area is 124 Å². The third-order valence-corrected chi connectivity index (χ3v) is 5.81. The molecule has 1 nitrogen and oxygen atoms in total. The van der Waals surface area contributed by atoms with Crippen molar-refractivity contribution in [1.82, 2.24) is 5.32 Å². The predicted octanol–water partition coefficient (Wildman–Crippen LogP) is 4.50. The summed E-state index contributed by atoms with van der Waals surface area (Å²) in [7, 11) is 0. The second-order valence-corrected chi connectivity index (χ2v) is 7.82. The zero-order chi connectivity index (χ0) is 14.4. The van der Waals surface area contributed by atoms with Crippen LogP contribution in [0.25, 0.3) is 0 Å². The fraction of sp³-hybridized carbons (Fsp3) is 0.684. The van der Waals surface area contributed by atoms with Crippen molar-refractivity contribution in [3.05, 3.63) is 34.9 Å². The Morgan fingerprint density at radius 1 is 1.10 bits per heavy atom. The molecule has 0 unspecified atom stereocenters. The van der Waals surface area contributed by atoms with Crippen molar-refractivity contribution in [2.75, 3.05) is 6.54 Å². The minimum absolute atomic E-state index is 0.406. The first-order valence-corrected chi connectivity index (χ1v) is 8.26. The van der Waals surface area contributed by atoms with E-state index in [2.05, 4.69) is 51.2 Å². The Balaban J connectivity index is 1.83. The molecule has 2 aliphatic rings. The van der Waals surface area contributed by atoms with E-state index < -0.39 is 0 Å². The lowest BCUT2D eigenvalue weighted by atomic mass is 9.43. The molecule has 1 heteroatoms. The summed E-state index contributed by atoms with van der Waals surface area (Å²) in [6.07, 6.45) is 7.22. The van der Waals surface area contributed by atoms with Gasteiger partial charge >= 0.3 is 0 Å². The smallest absolute Gasteiger partial charge is 0.00885 e. The zero-order valence-corrected chi connectivity index (χ0v) is 13.6. The first kappa shape index (κ1) is 14.1. The molecule has 1 N–H and O–H groups in total. The van der Waals surface area contributed by atoms with E-state index in [1.54, 1.807) is 5.56 Å². The van der Waals surface area contributed by atoms with Gasteiger partial charge in [-0.1, -0.05) is 38.5 Å². The Morgan fingerprint density at radius 3 is 2.30 bits per heavy atom. The summed E-state index contributed by atoms with van der Waals surface area (Å²) in [4.78, 5) is 0. The van der Waals surface area contributed by atoms with Crippen LogP contribution in [0, 0.1) is 19.3 Å². The third-order valence-electron chi connectivity index (χ3n) is 5.81. The Bertz CT molecular complexity index is 488. The summed E-state index contributed by atoms with van der Waals surface area (Å²) in [5.74, 6) is 0. The predicted molar refractivity (Wildman–Crippen MR) is 86.3 cm³/mol. The van der Waals surface area contributed by atoms with Crippen LogP contribution in [-0.2, 0) is 5.41 Å². The van der Waals surface area contributed by atoms with Crippen molar-refractivity contribution >= 4 is 0 Å². The highest BCUT2D eigenvalue weighted by molar-refractivity contribution is 5.38. The molecule has 1 aromatic carbocycles. The molecule has 0 atom stereocenters. The van der Waals surface area contributed by atoms with Crippen LogP contribution in [-0.4, -0.2) is 12.6 Å². The number of rotatable bonds is 4. The van der Waals surface area contributed by atoms with Crippen LogP contribution in [0.2, 0.25) is 0 Å². The lowest BCUT2D eigenvalue weighted by Gasteiger charge is -2.62. The van der Waals surface area contributed by atoms with Gasteiger partial charge in [0.05, 0.1) is 0 Å². The minimum Gasteiger partial charge on any atom is -0.314 e. The van der Waals surface area contributed by atoms with Gasteiger partial charge < -0.3 is 5.32 Å². The van der Waals surface area contributed by atoms with Crippen molar-refractivity contribution in [2.45, 2.75) is 71.3 Å².